The summed E-state index contributed by atoms with van der Waals surface area (Å²) in [6, 6.07) is 8.04. The Morgan fingerprint density at radius 1 is 1.33 bits per heavy atom. The van der Waals surface area contributed by atoms with Gasteiger partial charge in [0.05, 0.1) is 11.8 Å². The minimum absolute atomic E-state index is 0.0669. The summed E-state index contributed by atoms with van der Waals surface area (Å²) in [6.07, 6.45) is 3.91. The summed E-state index contributed by atoms with van der Waals surface area (Å²) in [6.45, 7) is 5.66. The van der Waals surface area contributed by atoms with E-state index in [0.29, 0.717) is 5.56 Å². The Morgan fingerprint density at radius 2 is 2.08 bits per heavy atom. The number of hydrogen-bond donors (Lipinski definition) is 0. The van der Waals surface area contributed by atoms with Crippen LogP contribution in [0.25, 0.3) is 0 Å². The first-order chi connectivity index (χ1) is 11.5. The van der Waals surface area contributed by atoms with Crippen LogP contribution in [-0.2, 0) is 16.0 Å². The lowest BCUT2D eigenvalue weighted by Gasteiger charge is -2.22. The smallest absolute Gasteiger partial charge is 0.341 e. The largest absolute Gasteiger partial charge is 0.452 e. The van der Waals surface area contributed by atoms with Crippen molar-refractivity contribution in [2.45, 2.75) is 39.3 Å². The van der Waals surface area contributed by atoms with Gasteiger partial charge in [0.15, 0.2) is 6.61 Å². The van der Waals surface area contributed by atoms with Gasteiger partial charge in [0.25, 0.3) is 5.91 Å². The molecule has 6 nitrogen and oxygen atoms in total. The molecule has 0 bridgehead atoms. The highest BCUT2D eigenvalue weighted by molar-refractivity contribution is 5.99. The molecule has 126 valence electrons. The lowest BCUT2D eigenvalue weighted by molar-refractivity contribution is -0.122. The molecule has 1 aromatic carbocycles. The first-order valence-electron chi connectivity index (χ1n) is 8.08. The van der Waals surface area contributed by atoms with Gasteiger partial charge in [-0.05, 0) is 38.8 Å². The molecule has 0 radical (unpaired) electrons. The Kier molecular flexibility index (Phi) is 4.38. The maximum atomic E-state index is 12.5. The van der Waals surface area contributed by atoms with Gasteiger partial charge in [0, 0.05) is 24.0 Å². The fraction of sp³-hybridized carbons (Fsp3) is 0.389. The zero-order valence-electron chi connectivity index (χ0n) is 14.1. The van der Waals surface area contributed by atoms with Crippen LogP contribution in [0.4, 0.5) is 5.69 Å². The van der Waals surface area contributed by atoms with Crippen molar-refractivity contribution in [3.8, 4) is 0 Å². The molecule has 3 rings (SSSR count). The average molecular weight is 327 g/mol. The van der Waals surface area contributed by atoms with E-state index in [9.17, 15) is 9.59 Å². The maximum Gasteiger partial charge on any atom is 0.341 e. The topological polar surface area (TPSA) is 64.4 Å². The quantitative estimate of drug-likeness (QED) is 0.810. The molecule has 24 heavy (non-hydrogen) atoms. The molecule has 1 amide bonds. The van der Waals surface area contributed by atoms with Crippen molar-refractivity contribution in [1.29, 1.82) is 0 Å². The van der Waals surface area contributed by atoms with Crippen LogP contribution in [0.2, 0.25) is 0 Å². The van der Waals surface area contributed by atoms with Gasteiger partial charge in [0.1, 0.15) is 0 Å². The molecule has 2 aromatic rings. The lowest BCUT2D eigenvalue weighted by Crippen LogP contribution is -2.38. The maximum absolute atomic E-state index is 12.5. The molecule has 1 aliphatic heterocycles. The van der Waals surface area contributed by atoms with Gasteiger partial charge in [0.2, 0.25) is 0 Å². The van der Waals surface area contributed by atoms with E-state index in [4.69, 9.17) is 4.74 Å². The second kappa shape index (κ2) is 6.47. The zero-order valence-corrected chi connectivity index (χ0v) is 14.1. The van der Waals surface area contributed by atoms with Gasteiger partial charge in [-0.3, -0.25) is 9.48 Å². The van der Waals surface area contributed by atoms with Crippen molar-refractivity contribution < 1.29 is 14.3 Å². The standard InChI is InChI=1S/C18H21N3O3/c1-12(2)20-10-15(9-19-20)18(23)24-11-17(22)21-13(3)8-14-6-4-5-7-16(14)21/h4-7,9-10,12-13H,8,11H2,1-3H3/t13-/m1/s1. The summed E-state index contributed by atoms with van der Waals surface area (Å²) in [7, 11) is 0. The molecule has 1 aliphatic rings. The van der Waals surface area contributed by atoms with Crippen molar-refractivity contribution in [2.75, 3.05) is 11.5 Å². The van der Waals surface area contributed by atoms with Crippen molar-refractivity contribution in [3.05, 3.63) is 47.8 Å². The predicted molar refractivity (Wildman–Crippen MR) is 90.0 cm³/mol. The summed E-state index contributed by atoms with van der Waals surface area (Å²) < 4.78 is 6.85. The molecule has 0 unspecified atom stereocenters. The number of carbonyl (C=O) groups excluding carboxylic acids is 2. The Balaban J connectivity index is 1.64. The molecule has 6 heteroatoms. The minimum Gasteiger partial charge on any atom is -0.452 e. The highest BCUT2D eigenvalue weighted by atomic mass is 16.5. The zero-order chi connectivity index (χ0) is 17.3. The van der Waals surface area contributed by atoms with Crippen LogP contribution >= 0.6 is 0 Å². The lowest BCUT2D eigenvalue weighted by atomic mass is 10.1. The van der Waals surface area contributed by atoms with Crippen LogP contribution in [0.5, 0.6) is 0 Å². The summed E-state index contributed by atoms with van der Waals surface area (Å²) in [5.74, 6) is -0.743. The Morgan fingerprint density at radius 3 is 2.79 bits per heavy atom. The van der Waals surface area contributed by atoms with Gasteiger partial charge < -0.3 is 9.64 Å². The number of hydrogen-bond acceptors (Lipinski definition) is 4. The van der Waals surface area contributed by atoms with Crippen LogP contribution in [0, 0.1) is 0 Å². The van der Waals surface area contributed by atoms with Crippen molar-refractivity contribution in [2.24, 2.45) is 0 Å². The number of anilines is 1. The number of nitrogens with zero attached hydrogens (tertiary/aromatic N) is 3. The van der Waals surface area contributed by atoms with E-state index < -0.39 is 5.97 Å². The molecule has 1 aromatic heterocycles. The van der Waals surface area contributed by atoms with Crippen molar-refractivity contribution in [1.82, 2.24) is 9.78 Å². The van der Waals surface area contributed by atoms with Gasteiger partial charge in [-0.15, -0.1) is 0 Å². The third-order valence-corrected chi connectivity index (χ3v) is 4.17. The molecule has 0 saturated heterocycles. The monoisotopic (exact) mass is 327 g/mol. The number of benzene rings is 1. The fourth-order valence-electron chi connectivity index (χ4n) is 2.95. The molecule has 1 atom stereocenters. The predicted octanol–water partition coefficient (Wildman–Crippen LogP) is 2.60. The number of esters is 1. The summed E-state index contributed by atoms with van der Waals surface area (Å²) >= 11 is 0. The molecule has 0 saturated carbocycles. The summed E-state index contributed by atoms with van der Waals surface area (Å²) in [4.78, 5) is 26.3. The first-order valence-corrected chi connectivity index (χ1v) is 8.08. The number of aromatic nitrogens is 2. The molecular weight excluding hydrogens is 306 g/mol. The second-order valence-corrected chi connectivity index (χ2v) is 6.32. The van der Waals surface area contributed by atoms with E-state index in [1.165, 1.54) is 6.20 Å². The third kappa shape index (κ3) is 3.04. The fourth-order valence-corrected chi connectivity index (χ4v) is 2.95. The molecule has 0 spiro atoms. The first kappa shape index (κ1) is 16.2. The Labute approximate surface area is 141 Å². The number of para-hydroxylation sites is 1. The number of fused-ring (bicyclic) bond motifs is 1. The number of amides is 1. The summed E-state index contributed by atoms with van der Waals surface area (Å²) in [5, 5.41) is 4.10. The molecule has 2 heterocycles. The number of carbonyl (C=O) groups is 2. The van der Waals surface area contributed by atoms with Gasteiger partial charge in [-0.1, -0.05) is 18.2 Å². The molecule has 0 fully saturated rings. The molecular formula is C18H21N3O3. The van der Waals surface area contributed by atoms with E-state index >= 15 is 0 Å². The van der Waals surface area contributed by atoms with E-state index in [-0.39, 0.29) is 24.6 Å². The van der Waals surface area contributed by atoms with E-state index in [2.05, 4.69) is 5.10 Å². The van der Waals surface area contributed by atoms with Crippen LogP contribution in [0.15, 0.2) is 36.7 Å². The van der Waals surface area contributed by atoms with Crippen LogP contribution in [-0.4, -0.2) is 34.3 Å². The second-order valence-electron chi connectivity index (χ2n) is 6.32. The van der Waals surface area contributed by atoms with Crippen LogP contribution in [0.1, 0.15) is 42.7 Å². The third-order valence-electron chi connectivity index (χ3n) is 4.17. The molecule has 0 aliphatic carbocycles. The SMILES string of the molecule is CC(C)n1cc(C(=O)OCC(=O)N2c3ccccc3C[C@H]2C)cn1. The summed E-state index contributed by atoms with van der Waals surface area (Å²) in [5.41, 5.74) is 2.40. The molecule has 0 N–H and O–H groups in total. The van der Waals surface area contributed by atoms with E-state index in [1.807, 2.05) is 45.0 Å². The Bertz CT molecular complexity index is 766. The van der Waals surface area contributed by atoms with Crippen molar-refractivity contribution >= 4 is 17.6 Å². The highest BCUT2D eigenvalue weighted by Gasteiger charge is 2.31. The normalized spacial score (nSPS) is 16.3. The highest BCUT2D eigenvalue weighted by Crippen LogP contribution is 2.31. The van der Waals surface area contributed by atoms with Gasteiger partial charge in [-0.2, -0.15) is 5.10 Å². The van der Waals surface area contributed by atoms with Crippen molar-refractivity contribution in [3.63, 3.8) is 0 Å². The van der Waals surface area contributed by atoms with Crippen LogP contribution in [0.3, 0.4) is 0 Å². The van der Waals surface area contributed by atoms with Gasteiger partial charge in [-0.25, -0.2) is 4.79 Å². The average Bonchev–Trinajstić information content (AvgIpc) is 3.16. The van der Waals surface area contributed by atoms with Gasteiger partial charge >= 0.3 is 5.97 Å². The number of rotatable bonds is 4. The van der Waals surface area contributed by atoms with Crippen LogP contribution < -0.4 is 4.90 Å². The van der Waals surface area contributed by atoms with E-state index in [1.54, 1.807) is 15.8 Å². The minimum atomic E-state index is -0.532. The Hall–Kier alpha value is -2.63. The number of ether oxygens (including phenoxy) is 1. The van der Waals surface area contributed by atoms with E-state index in [0.717, 1.165) is 17.7 Å².